The van der Waals surface area contributed by atoms with Crippen LogP contribution in [0.2, 0.25) is 0 Å². The van der Waals surface area contributed by atoms with Gasteiger partial charge in [-0.05, 0) is 117 Å². The van der Waals surface area contributed by atoms with Crippen molar-refractivity contribution in [2.45, 2.75) is 170 Å². The summed E-state index contributed by atoms with van der Waals surface area (Å²) in [5.41, 5.74) is -3.84. The maximum Gasteiger partial charge on any atom is 0.413 e. The van der Waals surface area contributed by atoms with Gasteiger partial charge in [-0.2, -0.15) is 0 Å². The molecule has 2 aliphatic rings. The van der Waals surface area contributed by atoms with Crippen molar-refractivity contribution < 1.29 is 47.6 Å². The minimum atomic E-state index is -0.800. The molecule has 2 fully saturated rings. The third-order valence-corrected chi connectivity index (χ3v) is 6.65. The molecule has 0 radical (unpaired) electrons. The van der Waals surface area contributed by atoms with Crippen LogP contribution >= 0.6 is 0 Å². The van der Waals surface area contributed by atoms with Crippen LogP contribution in [0.3, 0.4) is 0 Å². The molecule has 0 bridgehead atoms. The third-order valence-electron chi connectivity index (χ3n) is 6.65. The Morgan fingerprint density at radius 1 is 0.681 bits per heavy atom. The Kier molecular flexibility index (Phi) is 13.6. The van der Waals surface area contributed by atoms with Crippen LogP contribution in [0.25, 0.3) is 0 Å². The molecule has 2 aliphatic heterocycles. The first-order chi connectivity index (χ1) is 20.8. The summed E-state index contributed by atoms with van der Waals surface area (Å²) < 4.78 is 33.0. The molecule has 12 heteroatoms. The van der Waals surface area contributed by atoms with Gasteiger partial charge in [-0.25, -0.2) is 14.4 Å². The summed E-state index contributed by atoms with van der Waals surface area (Å²) in [5.74, 6) is -0.829. The second kappa shape index (κ2) is 15.1. The second-order valence-electron chi connectivity index (χ2n) is 17.0. The van der Waals surface area contributed by atoms with Gasteiger partial charge in [-0.3, -0.25) is 14.6 Å². The standard InChI is InChI=1S/C18H33NO5.C17H29NO5/c1-12(10-14(20)23-16(2,3)4)13-11-22-18(8,9)19(13)15(21)24-17(5,6)7;1-15(2,3)22-13(19)10-9-12-11-21-17(7,8)18(12)14(20)23-16(4,5)6/h12-13H,10-11H2,1-9H3;9-10,12H,11H2,1-8H3/b;10-9+/t12-,13?;/m0./s1. The molecule has 2 heterocycles. The molecule has 0 aromatic rings. The van der Waals surface area contributed by atoms with Gasteiger partial charge in [0.1, 0.15) is 33.9 Å². The van der Waals surface area contributed by atoms with E-state index in [1.165, 1.54) is 11.0 Å². The van der Waals surface area contributed by atoms with Gasteiger partial charge in [0.2, 0.25) is 0 Å². The maximum atomic E-state index is 12.6. The van der Waals surface area contributed by atoms with E-state index >= 15 is 0 Å². The zero-order chi connectivity index (χ0) is 37.0. The van der Waals surface area contributed by atoms with Crippen molar-refractivity contribution in [2.24, 2.45) is 5.92 Å². The van der Waals surface area contributed by atoms with Crippen LogP contribution in [0.1, 0.15) is 124 Å². The third kappa shape index (κ3) is 14.8. The molecule has 0 spiro atoms. The SMILES string of the molecule is CC(C)(C)OC(=O)/C=C/C1COC(C)(C)N1C(=O)OC(C)(C)C.C[C@@H](CC(=O)OC(C)(C)C)C1COC(C)(C)N1C(=O)OC(C)(C)C. The topological polar surface area (TPSA) is 130 Å². The number of carbonyl (C=O) groups excluding carboxylic acids is 4. The summed E-state index contributed by atoms with van der Waals surface area (Å²) in [5, 5.41) is 0. The molecule has 47 heavy (non-hydrogen) atoms. The highest BCUT2D eigenvalue weighted by Crippen LogP contribution is 2.34. The number of esters is 2. The van der Waals surface area contributed by atoms with E-state index < -0.39 is 52.0 Å². The second-order valence-corrected chi connectivity index (χ2v) is 17.0. The van der Waals surface area contributed by atoms with E-state index in [1.54, 1.807) is 66.4 Å². The Labute approximate surface area is 282 Å². The number of hydrogen-bond donors (Lipinski definition) is 0. The van der Waals surface area contributed by atoms with Gasteiger partial charge >= 0.3 is 24.1 Å². The number of carbonyl (C=O) groups is 4. The highest BCUT2D eigenvalue weighted by atomic mass is 16.6. The minimum Gasteiger partial charge on any atom is -0.460 e. The van der Waals surface area contributed by atoms with Crippen LogP contribution in [0.5, 0.6) is 0 Å². The molecule has 272 valence electrons. The van der Waals surface area contributed by atoms with Crippen LogP contribution in [0, 0.1) is 5.92 Å². The molecule has 0 saturated carbocycles. The molecule has 2 rings (SSSR count). The summed E-state index contributed by atoms with van der Waals surface area (Å²) in [6.45, 7) is 31.6. The largest absolute Gasteiger partial charge is 0.460 e. The van der Waals surface area contributed by atoms with Crippen molar-refractivity contribution in [1.82, 2.24) is 9.80 Å². The van der Waals surface area contributed by atoms with Gasteiger partial charge in [0.15, 0.2) is 0 Å². The monoisotopic (exact) mass is 670 g/mol. The minimum absolute atomic E-state index is 0.103. The lowest BCUT2D eigenvalue weighted by molar-refractivity contribution is -0.156. The number of nitrogens with zero attached hydrogens (tertiary/aromatic N) is 2. The molecular formula is C35H62N2O10. The normalized spacial score (nSPS) is 21.9. The van der Waals surface area contributed by atoms with Crippen LogP contribution in [0.4, 0.5) is 9.59 Å². The van der Waals surface area contributed by atoms with Crippen molar-refractivity contribution in [3.05, 3.63) is 12.2 Å². The predicted molar refractivity (Wildman–Crippen MR) is 178 cm³/mol. The Morgan fingerprint density at radius 2 is 1.09 bits per heavy atom. The lowest BCUT2D eigenvalue weighted by atomic mass is 9.97. The quantitative estimate of drug-likeness (QED) is 0.172. The Hall–Kier alpha value is -2.86. The fourth-order valence-corrected chi connectivity index (χ4v) is 4.87. The van der Waals surface area contributed by atoms with Crippen LogP contribution < -0.4 is 0 Å². The Morgan fingerprint density at radius 3 is 1.53 bits per heavy atom. The van der Waals surface area contributed by atoms with Gasteiger partial charge in [0.05, 0.1) is 31.7 Å². The fourth-order valence-electron chi connectivity index (χ4n) is 4.87. The van der Waals surface area contributed by atoms with Crippen molar-refractivity contribution in [3.8, 4) is 0 Å². The molecule has 12 nitrogen and oxygen atoms in total. The van der Waals surface area contributed by atoms with E-state index in [1.807, 2.05) is 62.3 Å². The summed E-state index contributed by atoms with van der Waals surface area (Å²) >= 11 is 0. The molecule has 0 aliphatic carbocycles. The van der Waals surface area contributed by atoms with E-state index in [2.05, 4.69) is 0 Å². The Bertz CT molecular complexity index is 1130. The van der Waals surface area contributed by atoms with E-state index in [0.29, 0.717) is 13.2 Å². The average Bonchev–Trinajstić information content (AvgIpc) is 3.27. The van der Waals surface area contributed by atoms with Gasteiger partial charge < -0.3 is 28.4 Å². The Balaban J connectivity index is 0.000000470. The van der Waals surface area contributed by atoms with Crippen molar-refractivity contribution in [3.63, 3.8) is 0 Å². The number of amides is 2. The number of rotatable bonds is 5. The highest BCUT2D eigenvalue weighted by Gasteiger charge is 2.48. The van der Waals surface area contributed by atoms with Crippen molar-refractivity contribution in [2.75, 3.05) is 13.2 Å². The van der Waals surface area contributed by atoms with Gasteiger partial charge in [-0.15, -0.1) is 0 Å². The number of hydrogen-bond acceptors (Lipinski definition) is 10. The molecule has 0 N–H and O–H groups in total. The molecule has 0 aromatic heterocycles. The van der Waals surface area contributed by atoms with E-state index in [0.717, 1.165) is 0 Å². The molecule has 2 amide bonds. The first-order valence-corrected chi connectivity index (χ1v) is 16.3. The summed E-state index contributed by atoms with van der Waals surface area (Å²) in [6, 6.07) is -0.616. The molecule has 3 atom stereocenters. The van der Waals surface area contributed by atoms with Crippen LogP contribution in [-0.2, 0) is 38.0 Å². The highest BCUT2D eigenvalue weighted by molar-refractivity contribution is 5.82. The summed E-state index contributed by atoms with van der Waals surface area (Å²) in [6.07, 6.45) is 2.27. The van der Waals surface area contributed by atoms with Crippen molar-refractivity contribution in [1.29, 1.82) is 0 Å². The molecular weight excluding hydrogens is 608 g/mol. The van der Waals surface area contributed by atoms with Gasteiger partial charge in [0, 0.05) is 6.08 Å². The first kappa shape index (κ1) is 42.2. The van der Waals surface area contributed by atoms with Crippen LogP contribution in [-0.4, -0.2) is 93.1 Å². The van der Waals surface area contributed by atoms with E-state index in [-0.39, 0.29) is 30.4 Å². The van der Waals surface area contributed by atoms with Crippen LogP contribution in [0.15, 0.2) is 12.2 Å². The summed E-state index contributed by atoms with van der Waals surface area (Å²) in [7, 11) is 0. The van der Waals surface area contributed by atoms with Crippen molar-refractivity contribution >= 4 is 24.1 Å². The first-order valence-electron chi connectivity index (χ1n) is 16.3. The molecule has 0 aromatic carbocycles. The predicted octanol–water partition coefficient (Wildman–Crippen LogP) is 6.98. The zero-order valence-electron chi connectivity index (χ0n) is 32.0. The summed E-state index contributed by atoms with van der Waals surface area (Å²) in [4.78, 5) is 52.0. The number of ether oxygens (including phenoxy) is 6. The van der Waals surface area contributed by atoms with Gasteiger partial charge in [-0.1, -0.05) is 13.0 Å². The van der Waals surface area contributed by atoms with E-state index in [4.69, 9.17) is 28.4 Å². The molecule has 2 saturated heterocycles. The van der Waals surface area contributed by atoms with Gasteiger partial charge in [0.25, 0.3) is 0 Å². The van der Waals surface area contributed by atoms with E-state index in [9.17, 15) is 19.2 Å². The smallest absolute Gasteiger partial charge is 0.413 e. The maximum absolute atomic E-state index is 12.6. The lowest BCUT2D eigenvalue weighted by Gasteiger charge is -2.37. The average molecular weight is 671 g/mol. The fraction of sp³-hybridized carbons (Fsp3) is 0.829. The lowest BCUT2D eigenvalue weighted by Crippen LogP contribution is -2.51. The molecule has 2 unspecified atom stereocenters. The zero-order valence-corrected chi connectivity index (χ0v) is 32.0.